The quantitative estimate of drug-likeness (QED) is 0.181. The zero-order valence-electron chi connectivity index (χ0n) is 19.8. The molecule has 3 rings (SSSR count). The van der Waals surface area contributed by atoms with E-state index in [1.807, 2.05) is 67.6 Å². The van der Waals surface area contributed by atoms with Gasteiger partial charge < -0.3 is 16.0 Å². The second kappa shape index (κ2) is 13.4. The standard InChI is InChI=1S/C28H28N4O4/c1-20(23-10-6-3-7-11-23)29-19-26(33)30-18-25(28(35)32-36)31-27(34)24-16-14-22(15-17-24)13-12-21-8-4-2-5-9-21/h2-11,14-17,20,25,29,36H,18-19H2,1H3,(H,30,33)(H,31,34)(H,32,35). The summed E-state index contributed by atoms with van der Waals surface area (Å²) in [6.07, 6.45) is 0. The van der Waals surface area contributed by atoms with Crippen LogP contribution in [0.2, 0.25) is 0 Å². The van der Waals surface area contributed by atoms with Gasteiger partial charge in [0, 0.05) is 29.3 Å². The fraction of sp³-hybridized carbons (Fsp3) is 0.179. The Kier molecular flexibility index (Phi) is 9.77. The number of carbonyl (C=O) groups excluding carboxylic acids is 3. The van der Waals surface area contributed by atoms with Crippen LogP contribution in [-0.4, -0.2) is 42.1 Å². The molecule has 2 atom stereocenters. The summed E-state index contributed by atoms with van der Waals surface area (Å²) in [5.41, 5.74) is 4.47. The highest BCUT2D eigenvalue weighted by Crippen LogP contribution is 2.10. The fourth-order valence-electron chi connectivity index (χ4n) is 3.28. The van der Waals surface area contributed by atoms with Crippen molar-refractivity contribution in [3.63, 3.8) is 0 Å². The lowest BCUT2D eigenvalue weighted by Crippen LogP contribution is -2.52. The molecule has 0 heterocycles. The maximum Gasteiger partial charge on any atom is 0.267 e. The fourth-order valence-corrected chi connectivity index (χ4v) is 3.28. The molecule has 0 aliphatic heterocycles. The first-order valence-electron chi connectivity index (χ1n) is 11.4. The van der Waals surface area contributed by atoms with Crippen LogP contribution in [0.4, 0.5) is 0 Å². The number of carbonyl (C=O) groups is 3. The third-order valence-electron chi connectivity index (χ3n) is 5.38. The maximum atomic E-state index is 12.6. The van der Waals surface area contributed by atoms with E-state index in [-0.39, 0.29) is 25.0 Å². The molecule has 2 unspecified atom stereocenters. The van der Waals surface area contributed by atoms with Crippen LogP contribution in [0.3, 0.4) is 0 Å². The molecule has 0 aliphatic carbocycles. The van der Waals surface area contributed by atoms with E-state index in [4.69, 9.17) is 5.21 Å². The summed E-state index contributed by atoms with van der Waals surface area (Å²) < 4.78 is 0. The van der Waals surface area contributed by atoms with Gasteiger partial charge in [-0.05, 0) is 48.9 Å². The van der Waals surface area contributed by atoms with Crippen LogP contribution >= 0.6 is 0 Å². The third kappa shape index (κ3) is 8.09. The molecule has 0 saturated carbocycles. The van der Waals surface area contributed by atoms with E-state index in [1.165, 1.54) is 5.48 Å². The number of amides is 3. The first-order valence-corrected chi connectivity index (χ1v) is 11.4. The van der Waals surface area contributed by atoms with Crippen LogP contribution in [-0.2, 0) is 9.59 Å². The van der Waals surface area contributed by atoms with E-state index in [2.05, 4.69) is 27.8 Å². The van der Waals surface area contributed by atoms with Gasteiger partial charge >= 0.3 is 0 Å². The summed E-state index contributed by atoms with van der Waals surface area (Å²) in [6, 6.07) is 24.5. The first-order chi connectivity index (χ1) is 17.5. The molecule has 3 amide bonds. The summed E-state index contributed by atoms with van der Waals surface area (Å²) in [7, 11) is 0. The minimum absolute atomic E-state index is 0.0168. The Morgan fingerprint density at radius 3 is 2.03 bits per heavy atom. The first kappa shape index (κ1) is 26.2. The summed E-state index contributed by atoms with van der Waals surface area (Å²) >= 11 is 0. The van der Waals surface area contributed by atoms with Crippen molar-refractivity contribution in [3.8, 4) is 11.8 Å². The van der Waals surface area contributed by atoms with Gasteiger partial charge in [0.25, 0.3) is 11.8 Å². The lowest BCUT2D eigenvalue weighted by atomic mass is 10.1. The number of hydrogen-bond donors (Lipinski definition) is 5. The van der Waals surface area contributed by atoms with E-state index < -0.39 is 17.9 Å². The molecule has 0 fully saturated rings. The van der Waals surface area contributed by atoms with E-state index in [9.17, 15) is 14.4 Å². The maximum absolute atomic E-state index is 12.6. The molecule has 3 aromatic carbocycles. The van der Waals surface area contributed by atoms with Crippen molar-refractivity contribution in [2.24, 2.45) is 0 Å². The molecule has 0 spiro atoms. The van der Waals surface area contributed by atoms with Crippen LogP contribution < -0.4 is 21.4 Å². The molecule has 36 heavy (non-hydrogen) atoms. The van der Waals surface area contributed by atoms with Crippen LogP contribution in [0.25, 0.3) is 0 Å². The summed E-state index contributed by atoms with van der Waals surface area (Å²) in [5.74, 6) is 4.33. The normalized spacial score (nSPS) is 11.8. The Hall–Kier alpha value is -4.45. The summed E-state index contributed by atoms with van der Waals surface area (Å²) in [6.45, 7) is 1.76. The number of hydroxylamine groups is 1. The Bertz CT molecular complexity index is 1220. The van der Waals surface area contributed by atoms with Gasteiger partial charge in [-0.3, -0.25) is 19.6 Å². The molecule has 8 nitrogen and oxygen atoms in total. The number of benzene rings is 3. The van der Waals surface area contributed by atoms with Crippen molar-refractivity contribution in [1.82, 2.24) is 21.4 Å². The number of rotatable bonds is 9. The highest BCUT2D eigenvalue weighted by atomic mass is 16.5. The lowest BCUT2D eigenvalue weighted by Gasteiger charge is -2.18. The van der Waals surface area contributed by atoms with Crippen molar-refractivity contribution >= 4 is 17.7 Å². The molecule has 8 heteroatoms. The largest absolute Gasteiger partial charge is 0.352 e. The number of hydrogen-bond acceptors (Lipinski definition) is 5. The average Bonchev–Trinajstić information content (AvgIpc) is 2.93. The topological polar surface area (TPSA) is 120 Å². The van der Waals surface area contributed by atoms with E-state index in [0.29, 0.717) is 5.56 Å². The number of nitrogens with one attached hydrogen (secondary N) is 4. The minimum Gasteiger partial charge on any atom is -0.352 e. The van der Waals surface area contributed by atoms with Gasteiger partial charge in [0.15, 0.2) is 0 Å². The minimum atomic E-state index is -1.17. The molecule has 0 bridgehead atoms. The highest BCUT2D eigenvalue weighted by Gasteiger charge is 2.22. The van der Waals surface area contributed by atoms with Crippen molar-refractivity contribution < 1.29 is 19.6 Å². The molecular formula is C28H28N4O4. The smallest absolute Gasteiger partial charge is 0.267 e. The predicted molar refractivity (Wildman–Crippen MR) is 136 cm³/mol. The van der Waals surface area contributed by atoms with Gasteiger partial charge in [0.2, 0.25) is 5.91 Å². The average molecular weight is 485 g/mol. The zero-order valence-corrected chi connectivity index (χ0v) is 19.8. The van der Waals surface area contributed by atoms with Crippen molar-refractivity contribution in [2.45, 2.75) is 19.0 Å². The predicted octanol–water partition coefficient (Wildman–Crippen LogP) is 2.16. The van der Waals surface area contributed by atoms with Crippen molar-refractivity contribution in [2.75, 3.05) is 13.1 Å². The van der Waals surface area contributed by atoms with E-state index >= 15 is 0 Å². The SMILES string of the molecule is CC(NCC(=O)NCC(NC(=O)c1ccc(C#Cc2ccccc2)cc1)C(=O)NO)c1ccccc1. The molecule has 3 aromatic rings. The second-order valence-corrected chi connectivity index (χ2v) is 8.01. The monoisotopic (exact) mass is 484 g/mol. The zero-order chi connectivity index (χ0) is 25.8. The van der Waals surface area contributed by atoms with Crippen LogP contribution in [0.5, 0.6) is 0 Å². The summed E-state index contributed by atoms with van der Waals surface area (Å²) in [5, 5.41) is 17.3. The van der Waals surface area contributed by atoms with E-state index in [0.717, 1.165) is 16.7 Å². The van der Waals surface area contributed by atoms with E-state index in [1.54, 1.807) is 24.3 Å². The van der Waals surface area contributed by atoms with Gasteiger partial charge in [0.05, 0.1) is 6.54 Å². The van der Waals surface area contributed by atoms with Gasteiger partial charge in [-0.1, -0.05) is 60.4 Å². The molecular weight excluding hydrogens is 456 g/mol. The Morgan fingerprint density at radius 2 is 1.42 bits per heavy atom. The lowest BCUT2D eigenvalue weighted by molar-refractivity contribution is -0.131. The Morgan fingerprint density at radius 1 is 0.833 bits per heavy atom. The molecule has 0 radical (unpaired) electrons. The van der Waals surface area contributed by atoms with Crippen molar-refractivity contribution in [1.29, 1.82) is 0 Å². The highest BCUT2D eigenvalue weighted by molar-refractivity contribution is 5.97. The molecule has 0 aromatic heterocycles. The molecule has 184 valence electrons. The van der Waals surface area contributed by atoms with Gasteiger partial charge in [-0.25, -0.2) is 5.48 Å². The van der Waals surface area contributed by atoms with Gasteiger partial charge in [-0.15, -0.1) is 0 Å². The van der Waals surface area contributed by atoms with Gasteiger partial charge in [0.1, 0.15) is 6.04 Å². The molecule has 0 saturated heterocycles. The van der Waals surface area contributed by atoms with Crippen molar-refractivity contribution in [3.05, 3.63) is 107 Å². The van der Waals surface area contributed by atoms with Gasteiger partial charge in [-0.2, -0.15) is 0 Å². The third-order valence-corrected chi connectivity index (χ3v) is 5.38. The van der Waals surface area contributed by atoms with Crippen LogP contribution in [0, 0.1) is 11.8 Å². The molecule has 0 aliphatic rings. The Labute approximate surface area is 210 Å². The Balaban J connectivity index is 1.52. The van der Waals surface area contributed by atoms with Crippen LogP contribution in [0.1, 0.15) is 40.0 Å². The second-order valence-electron chi connectivity index (χ2n) is 8.01. The van der Waals surface area contributed by atoms with Crippen LogP contribution in [0.15, 0.2) is 84.9 Å². The molecule has 5 N–H and O–H groups in total. The summed E-state index contributed by atoms with van der Waals surface area (Å²) in [4.78, 5) is 37.0.